The molecule has 16 heavy (non-hydrogen) atoms. The van der Waals surface area contributed by atoms with Gasteiger partial charge in [-0.25, -0.2) is 0 Å². The Kier molecular flexibility index (Phi) is 3.70. The van der Waals surface area contributed by atoms with Crippen molar-refractivity contribution in [1.29, 1.82) is 0 Å². The van der Waals surface area contributed by atoms with Crippen molar-refractivity contribution in [1.82, 2.24) is 5.32 Å². The van der Waals surface area contributed by atoms with Gasteiger partial charge in [-0.3, -0.25) is 0 Å². The van der Waals surface area contributed by atoms with Crippen LogP contribution in [0.5, 0.6) is 0 Å². The van der Waals surface area contributed by atoms with Crippen LogP contribution >= 0.6 is 15.9 Å². The van der Waals surface area contributed by atoms with Gasteiger partial charge in [-0.1, -0.05) is 41.4 Å². The maximum Gasteiger partial charge on any atom is 0.0178 e. The molecule has 0 spiro atoms. The summed E-state index contributed by atoms with van der Waals surface area (Å²) in [6, 6.07) is 8.81. The van der Waals surface area contributed by atoms with Crippen LogP contribution in [0.2, 0.25) is 0 Å². The molecule has 0 amide bonds. The fraction of sp³-hybridized carbons (Fsp3) is 0.571. The van der Waals surface area contributed by atoms with Crippen LogP contribution in [0.3, 0.4) is 0 Å². The smallest absolute Gasteiger partial charge is 0.0178 e. The van der Waals surface area contributed by atoms with Crippen LogP contribution in [0.1, 0.15) is 31.7 Å². The summed E-state index contributed by atoms with van der Waals surface area (Å²) < 4.78 is 1.19. The van der Waals surface area contributed by atoms with Gasteiger partial charge >= 0.3 is 0 Å². The van der Waals surface area contributed by atoms with Gasteiger partial charge in [-0.05, 0) is 43.5 Å². The number of likely N-dealkylation sites (N-methyl/N-ethyl adjacent to an activating group) is 1. The van der Waals surface area contributed by atoms with E-state index in [0.717, 1.165) is 12.5 Å². The molecule has 1 nitrogen and oxygen atoms in total. The molecule has 0 radical (unpaired) electrons. The Hall–Kier alpha value is -0.340. The summed E-state index contributed by atoms with van der Waals surface area (Å²) in [7, 11) is 2.05. The number of rotatable bonds is 4. The normalized spacial score (nSPS) is 28.8. The maximum absolute atomic E-state index is 3.57. The Morgan fingerprint density at radius 3 is 2.75 bits per heavy atom. The Labute approximate surface area is 107 Å². The largest absolute Gasteiger partial charge is 0.319 e. The summed E-state index contributed by atoms with van der Waals surface area (Å²) >= 11 is 3.57. The lowest BCUT2D eigenvalue weighted by atomic mass is 9.58. The van der Waals surface area contributed by atoms with Crippen LogP contribution in [0.4, 0.5) is 0 Å². The van der Waals surface area contributed by atoms with Crippen LogP contribution in [0.25, 0.3) is 0 Å². The second-order valence-electron chi connectivity index (χ2n) is 5.00. The van der Waals surface area contributed by atoms with Gasteiger partial charge in [0.05, 0.1) is 0 Å². The Morgan fingerprint density at radius 1 is 1.44 bits per heavy atom. The molecule has 1 fully saturated rings. The predicted molar refractivity (Wildman–Crippen MR) is 72.8 cm³/mol. The first-order chi connectivity index (χ1) is 7.70. The second-order valence-corrected chi connectivity index (χ2v) is 5.92. The van der Waals surface area contributed by atoms with Gasteiger partial charge in [-0.2, -0.15) is 0 Å². The molecular formula is C14H20BrN. The molecule has 1 aliphatic rings. The standard InChI is InChI=1S/C14H20BrN/c1-3-11-8-14(9-11,10-16-2)12-5-4-6-13(15)7-12/h4-7,11,16H,3,8-10H2,1-2H3. The number of benzene rings is 1. The first kappa shape index (κ1) is 12.1. The summed E-state index contributed by atoms with van der Waals surface area (Å²) in [6.07, 6.45) is 3.99. The van der Waals surface area contributed by atoms with Crippen molar-refractivity contribution >= 4 is 15.9 Å². The Morgan fingerprint density at radius 2 is 2.19 bits per heavy atom. The summed E-state index contributed by atoms with van der Waals surface area (Å²) in [5.41, 5.74) is 1.88. The Bertz CT molecular complexity index is 356. The van der Waals surface area contributed by atoms with Crippen molar-refractivity contribution < 1.29 is 0 Å². The summed E-state index contributed by atoms with van der Waals surface area (Å²) in [6.45, 7) is 3.40. The van der Waals surface area contributed by atoms with E-state index < -0.39 is 0 Å². The highest BCUT2D eigenvalue weighted by atomic mass is 79.9. The van der Waals surface area contributed by atoms with Gasteiger partial charge in [-0.15, -0.1) is 0 Å². The fourth-order valence-corrected chi connectivity index (χ4v) is 3.37. The van der Waals surface area contributed by atoms with Crippen LogP contribution < -0.4 is 5.32 Å². The van der Waals surface area contributed by atoms with Crippen molar-refractivity contribution in [3.8, 4) is 0 Å². The van der Waals surface area contributed by atoms with Crippen LogP contribution in [-0.4, -0.2) is 13.6 Å². The Balaban J connectivity index is 2.21. The van der Waals surface area contributed by atoms with Crippen molar-refractivity contribution in [2.75, 3.05) is 13.6 Å². The van der Waals surface area contributed by atoms with Crippen LogP contribution in [-0.2, 0) is 5.41 Å². The number of nitrogens with one attached hydrogen (secondary N) is 1. The van der Waals surface area contributed by atoms with Gasteiger partial charge < -0.3 is 5.32 Å². The molecule has 0 atom stereocenters. The van der Waals surface area contributed by atoms with E-state index in [-0.39, 0.29) is 0 Å². The van der Waals surface area contributed by atoms with E-state index in [1.807, 2.05) is 0 Å². The number of hydrogen-bond donors (Lipinski definition) is 1. The van der Waals surface area contributed by atoms with Crippen molar-refractivity contribution in [2.24, 2.45) is 5.92 Å². The minimum atomic E-state index is 0.388. The van der Waals surface area contributed by atoms with Gasteiger partial charge in [0.2, 0.25) is 0 Å². The molecule has 2 rings (SSSR count). The fourth-order valence-electron chi connectivity index (χ4n) is 2.97. The van der Waals surface area contributed by atoms with E-state index in [1.165, 1.54) is 29.3 Å². The molecule has 0 unspecified atom stereocenters. The minimum Gasteiger partial charge on any atom is -0.319 e. The first-order valence-corrected chi connectivity index (χ1v) is 6.90. The number of hydrogen-bond acceptors (Lipinski definition) is 1. The quantitative estimate of drug-likeness (QED) is 0.887. The van der Waals surface area contributed by atoms with Crippen molar-refractivity contribution in [2.45, 2.75) is 31.6 Å². The van der Waals surface area contributed by atoms with Gasteiger partial charge in [0, 0.05) is 16.4 Å². The van der Waals surface area contributed by atoms with Crippen LogP contribution in [0.15, 0.2) is 28.7 Å². The lowest BCUT2D eigenvalue weighted by Crippen LogP contribution is -2.47. The van der Waals surface area contributed by atoms with E-state index in [0.29, 0.717) is 5.41 Å². The minimum absolute atomic E-state index is 0.388. The molecule has 0 heterocycles. The summed E-state index contributed by atoms with van der Waals surface area (Å²) in [5, 5.41) is 3.36. The molecular weight excluding hydrogens is 262 g/mol. The molecule has 0 aliphatic heterocycles. The van der Waals surface area contributed by atoms with Crippen molar-refractivity contribution in [3.05, 3.63) is 34.3 Å². The second kappa shape index (κ2) is 4.89. The number of halogens is 1. The molecule has 2 heteroatoms. The molecule has 88 valence electrons. The van der Waals surface area contributed by atoms with E-state index in [9.17, 15) is 0 Å². The first-order valence-electron chi connectivity index (χ1n) is 6.11. The third-order valence-corrected chi connectivity index (χ3v) is 4.38. The lowest BCUT2D eigenvalue weighted by Gasteiger charge is -2.48. The van der Waals surface area contributed by atoms with Gasteiger partial charge in [0.1, 0.15) is 0 Å². The molecule has 1 aliphatic carbocycles. The zero-order valence-electron chi connectivity index (χ0n) is 10.1. The predicted octanol–water partition coefficient (Wildman–Crippen LogP) is 3.73. The van der Waals surface area contributed by atoms with E-state index in [1.54, 1.807) is 0 Å². The van der Waals surface area contributed by atoms with Gasteiger partial charge in [0.25, 0.3) is 0 Å². The highest BCUT2D eigenvalue weighted by Gasteiger charge is 2.43. The van der Waals surface area contributed by atoms with Gasteiger partial charge in [0.15, 0.2) is 0 Å². The monoisotopic (exact) mass is 281 g/mol. The maximum atomic E-state index is 3.57. The zero-order chi connectivity index (χ0) is 11.6. The van der Waals surface area contributed by atoms with E-state index in [2.05, 4.69) is 59.5 Å². The summed E-state index contributed by atoms with van der Waals surface area (Å²) in [5.74, 6) is 0.923. The SMILES string of the molecule is CCC1CC(CNC)(c2cccc(Br)c2)C1. The van der Waals surface area contributed by atoms with E-state index in [4.69, 9.17) is 0 Å². The third kappa shape index (κ3) is 2.18. The average molecular weight is 282 g/mol. The molecule has 0 bridgehead atoms. The highest BCUT2D eigenvalue weighted by Crippen LogP contribution is 2.49. The van der Waals surface area contributed by atoms with Crippen LogP contribution in [0, 0.1) is 5.92 Å². The molecule has 1 saturated carbocycles. The molecule has 1 aromatic rings. The molecule has 1 N–H and O–H groups in total. The zero-order valence-corrected chi connectivity index (χ0v) is 11.7. The average Bonchev–Trinajstić information content (AvgIpc) is 2.23. The van der Waals surface area contributed by atoms with Crippen molar-refractivity contribution in [3.63, 3.8) is 0 Å². The van der Waals surface area contributed by atoms with E-state index >= 15 is 0 Å². The third-order valence-electron chi connectivity index (χ3n) is 3.89. The summed E-state index contributed by atoms with van der Waals surface area (Å²) in [4.78, 5) is 0. The molecule has 0 saturated heterocycles. The highest BCUT2D eigenvalue weighted by molar-refractivity contribution is 9.10. The molecule has 1 aromatic carbocycles. The topological polar surface area (TPSA) is 12.0 Å². The lowest BCUT2D eigenvalue weighted by molar-refractivity contribution is 0.136. The molecule has 0 aromatic heterocycles.